The number of hydrogen-bond donors (Lipinski definition) is 1. The summed E-state index contributed by atoms with van der Waals surface area (Å²) < 4.78 is 5.53. The number of aliphatic hydroxyl groups is 1. The summed E-state index contributed by atoms with van der Waals surface area (Å²) in [6, 6.07) is 17.9. The van der Waals surface area contributed by atoms with Gasteiger partial charge in [0.25, 0.3) is 0 Å². The van der Waals surface area contributed by atoms with Crippen LogP contribution in [0.15, 0.2) is 65.3 Å². The Morgan fingerprint density at radius 2 is 1.64 bits per heavy atom. The molecule has 0 aliphatic heterocycles. The minimum Gasteiger partial charge on any atom is -0.444 e. The van der Waals surface area contributed by atoms with E-state index in [2.05, 4.69) is 17.1 Å². The monoisotopic (exact) mass is 311 g/mol. The van der Waals surface area contributed by atoms with Gasteiger partial charge in [-0.3, -0.25) is 0 Å². The fourth-order valence-electron chi connectivity index (χ4n) is 2.10. The van der Waals surface area contributed by atoms with Crippen LogP contribution in [0.2, 0.25) is 0 Å². The molecule has 0 fully saturated rings. The smallest absolute Gasteiger partial charge is 0.226 e. The first-order valence-electron chi connectivity index (χ1n) is 7.11. The van der Waals surface area contributed by atoms with Crippen LogP contribution >= 0.6 is 11.8 Å². The van der Waals surface area contributed by atoms with E-state index in [9.17, 15) is 0 Å². The Labute approximate surface area is 134 Å². The molecule has 0 saturated heterocycles. The molecule has 0 unspecified atom stereocenters. The van der Waals surface area contributed by atoms with Crippen LogP contribution in [0, 0.1) is 0 Å². The highest BCUT2D eigenvalue weighted by Gasteiger charge is 2.06. The number of aromatic nitrogens is 1. The van der Waals surface area contributed by atoms with Crippen LogP contribution in [-0.2, 0) is 18.1 Å². The number of hydrogen-bond acceptors (Lipinski definition) is 4. The summed E-state index contributed by atoms with van der Waals surface area (Å²) in [5, 5.41) is 9.03. The molecule has 22 heavy (non-hydrogen) atoms. The van der Waals surface area contributed by atoms with E-state index in [1.54, 1.807) is 18.0 Å². The quantitative estimate of drug-likeness (QED) is 0.738. The van der Waals surface area contributed by atoms with Crippen LogP contribution in [0.5, 0.6) is 0 Å². The van der Waals surface area contributed by atoms with E-state index >= 15 is 0 Å². The molecule has 0 atom stereocenters. The van der Waals surface area contributed by atoms with Crippen LogP contribution in [0.1, 0.15) is 16.8 Å². The van der Waals surface area contributed by atoms with E-state index in [1.807, 2.05) is 42.5 Å². The fourth-order valence-corrected chi connectivity index (χ4v) is 2.97. The van der Waals surface area contributed by atoms with E-state index < -0.39 is 0 Å². The molecule has 0 spiro atoms. The van der Waals surface area contributed by atoms with Crippen molar-refractivity contribution in [1.29, 1.82) is 0 Å². The van der Waals surface area contributed by atoms with Gasteiger partial charge < -0.3 is 9.52 Å². The Morgan fingerprint density at radius 3 is 2.36 bits per heavy atom. The van der Waals surface area contributed by atoms with E-state index in [0.29, 0.717) is 5.89 Å². The number of benzene rings is 2. The Morgan fingerprint density at radius 1 is 0.909 bits per heavy atom. The first-order valence-corrected chi connectivity index (χ1v) is 8.27. The molecule has 3 aromatic rings. The Kier molecular flexibility index (Phi) is 4.93. The van der Waals surface area contributed by atoms with E-state index in [1.165, 1.54) is 5.56 Å². The lowest BCUT2D eigenvalue weighted by Gasteiger charge is -2.01. The molecule has 0 aliphatic rings. The van der Waals surface area contributed by atoms with Crippen molar-refractivity contribution >= 4 is 11.8 Å². The summed E-state index contributed by atoms with van der Waals surface area (Å²) in [4.78, 5) is 4.52. The molecule has 112 valence electrons. The van der Waals surface area contributed by atoms with Gasteiger partial charge in [0.05, 0.1) is 12.3 Å². The second-order valence-electron chi connectivity index (χ2n) is 4.98. The molecule has 2 aromatic carbocycles. The van der Waals surface area contributed by atoms with Gasteiger partial charge in [0.15, 0.2) is 0 Å². The average molecular weight is 311 g/mol. The fraction of sp³-hybridized carbons (Fsp3) is 0.167. The highest BCUT2D eigenvalue weighted by Crippen LogP contribution is 2.22. The van der Waals surface area contributed by atoms with E-state index in [-0.39, 0.29) is 6.61 Å². The number of thioether (sulfide) groups is 1. The van der Waals surface area contributed by atoms with Crippen LogP contribution < -0.4 is 0 Å². The zero-order valence-electron chi connectivity index (χ0n) is 12.1. The van der Waals surface area contributed by atoms with Gasteiger partial charge in [0.2, 0.25) is 5.89 Å². The third kappa shape index (κ3) is 3.78. The van der Waals surface area contributed by atoms with Crippen molar-refractivity contribution in [2.45, 2.75) is 18.1 Å². The first kappa shape index (κ1) is 14.9. The van der Waals surface area contributed by atoms with Gasteiger partial charge in [-0.05, 0) is 23.3 Å². The lowest BCUT2D eigenvalue weighted by molar-refractivity contribution is 0.282. The van der Waals surface area contributed by atoms with Gasteiger partial charge in [-0.15, -0.1) is 0 Å². The summed E-state index contributed by atoms with van der Waals surface area (Å²) in [6.45, 7) is 0.0919. The van der Waals surface area contributed by atoms with E-state index in [0.717, 1.165) is 28.3 Å². The third-order valence-corrected chi connectivity index (χ3v) is 4.33. The molecule has 1 aromatic heterocycles. The van der Waals surface area contributed by atoms with Crippen molar-refractivity contribution in [2.24, 2.45) is 0 Å². The lowest BCUT2D eigenvalue weighted by atomic mass is 10.2. The predicted molar refractivity (Wildman–Crippen MR) is 89.3 cm³/mol. The maximum Gasteiger partial charge on any atom is 0.226 e. The number of rotatable bonds is 6. The second kappa shape index (κ2) is 7.29. The largest absolute Gasteiger partial charge is 0.444 e. The second-order valence-corrected chi connectivity index (χ2v) is 5.96. The van der Waals surface area contributed by atoms with Crippen molar-refractivity contribution in [3.63, 3.8) is 0 Å². The Balaban J connectivity index is 1.54. The van der Waals surface area contributed by atoms with Crippen molar-refractivity contribution in [3.05, 3.63) is 77.7 Å². The summed E-state index contributed by atoms with van der Waals surface area (Å²) in [6.07, 6.45) is 1.73. The molecule has 0 amide bonds. The van der Waals surface area contributed by atoms with Gasteiger partial charge >= 0.3 is 0 Å². The van der Waals surface area contributed by atoms with Gasteiger partial charge in [0.1, 0.15) is 6.26 Å². The molecule has 4 heteroatoms. The maximum absolute atomic E-state index is 9.03. The molecular weight excluding hydrogens is 294 g/mol. The standard InChI is InChI=1S/C18H17NO2S/c20-10-14-6-8-15(9-7-14)12-22-13-17-11-21-18(19-17)16-4-2-1-3-5-16/h1-9,11,20H,10,12-13H2. The van der Waals surface area contributed by atoms with Gasteiger partial charge in [0, 0.05) is 17.1 Å². The van der Waals surface area contributed by atoms with Crippen LogP contribution in [0.4, 0.5) is 0 Å². The van der Waals surface area contributed by atoms with Crippen LogP contribution in [0.25, 0.3) is 11.5 Å². The summed E-state index contributed by atoms with van der Waals surface area (Å²) in [5.74, 6) is 2.40. The molecular formula is C18H17NO2S. The van der Waals surface area contributed by atoms with Crippen LogP contribution in [-0.4, -0.2) is 10.1 Å². The number of aliphatic hydroxyl groups excluding tert-OH is 1. The molecule has 0 bridgehead atoms. The molecule has 0 radical (unpaired) electrons. The molecule has 3 rings (SSSR count). The average Bonchev–Trinajstić information content (AvgIpc) is 3.05. The minimum absolute atomic E-state index is 0.0919. The maximum atomic E-state index is 9.03. The van der Waals surface area contributed by atoms with Gasteiger partial charge in [-0.1, -0.05) is 42.5 Å². The highest BCUT2D eigenvalue weighted by atomic mass is 32.2. The normalized spacial score (nSPS) is 10.8. The molecule has 0 aliphatic carbocycles. The molecule has 1 N–H and O–H groups in total. The van der Waals surface area contributed by atoms with E-state index in [4.69, 9.17) is 9.52 Å². The van der Waals surface area contributed by atoms with Crippen LogP contribution in [0.3, 0.4) is 0 Å². The van der Waals surface area contributed by atoms with Gasteiger partial charge in [-0.25, -0.2) is 4.98 Å². The molecule has 1 heterocycles. The zero-order valence-corrected chi connectivity index (χ0v) is 12.9. The number of oxazole rings is 1. The number of nitrogens with zero attached hydrogens (tertiary/aromatic N) is 1. The van der Waals surface area contributed by atoms with Crippen molar-refractivity contribution in [2.75, 3.05) is 0 Å². The summed E-state index contributed by atoms with van der Waals surface area (Å²) in [5.41, 5.74) is 4.14. The SMILES string of the molecule is OCc1ccc(CSCc2coc(-c3ccccc3)n2)cc1. The van der Waals surface area contributed by atoms with Crippen molar-refractivity contribution < 1.29 is 9.52 Å². The molecule has 0 saturated carbocycles. The Bertz CT molecular complexity index is 707. The van der Waals surface area contributed by atoms with Crippen molar-refractivity contribution in [3.8, 4) is 11.5 Å². The Hall–Kier alpha value is -2.04. The summed E-state index contributed by atoms with van der Waals surface area (Å²) in [7, 11) is 0. The third-order valence-electron chi connectivity index (χ3n) is 3.30. The zero-order chi connectivity index (χ0) is 15.2. The highest BCUT2D eigenvalue weighted by molar-refractivity contribution is 7.97. The predicted octanol–water partition coefficient (Wildman–Crippen LogP) is 4.27. The van der Waals surface area contributed by atoms with Crippen molar-refractivity contribution in [1.82, 2.24) is 4.98 Å². The topological polar surface area (TPSA) is 46.3 Å². The lowest BCUT2D eigenvalue weighted by Crippen LogP contribution is -1.86. The summed E-state index contributed by atoms with van der Waals surface area (Å²) >= 11 is 1.80. The van der Waals surface area contributed by atoms with Gasteiger partial charge in [-0.2, -0.15) is 11.8 Å². The minimum atomic E-state index is 0.0919. The first-order chi connectivity index (χ1) is 10.8. The molecule has 3 nitrogen and oxygen atoms in total.